The lowest BCUT2D eigenvalue weighted by atomic mass is 10.1. The molecule has 0 fully saturated rings. The summed E-state index contributed by atoms with van der Waals surface area (Å²) in [6, 6.07) is 10.7. The summed E-state index contributed by atoms with van der Waals surface area (Å²) >= 11 is 0. The van der Waals surface area contributed by atoms with E-state index >= 15 is 0 Å². The molecule has 2 rings (SSSR count). The zero-order valence-electron chi connectivity index (χ0n) is 14.6. The highest BCUT2D eigenvalue weighted by atomic mass is 16.3. The number of aromatic hydroxyl groups is 3. The number of benzene rings is 2. The van der Waals surface area contributed by atoms with Gasteiger partial charge in [0, 0.05) is 24.8 Å². The molecule has 2 aromatic rings. The topological polar surface area (TPSA) is 81.0 Å². The molecule has 0 spiro atoms. The predicted octanol–water partition coefficient (Wildman–Crippen LogP) is 3.85. The van der Waals surface area contributed by atoms with Crippen LogP contribution in [0, 0.1) is 6.92 Å². The van der Waals surface area contributed by atoms with Gasteiger partial charge in [0.25, 0.3) is 0 Å². The molecular formula is C19H25NO4. The first kappa shape index (κ1) is 19.4. The molecule has 0 atom stereocenters. The number of carbonyl (C=O) groups is 1. The van der Waals surface area contributed by atoms with Gasteiger partial charge in [0.2, 0.25) is 0 Å². The number of para-hydroxylation sites is 1. The van der Waals surface area contributed by atoms with Gasteiger partial charge in [-0.05, 0) is 44.0 Å². The molecule has 0 bridgehead atoms. The largest absolute Gasteiger partial charge is 0.504 e. The molecule has 0 aliphatic heterocycles. The number of rotatable bonds is 4. The van der Waals surface area contributed by atoms with Crippen LogP contribution in [-0.4, -0.2) is 34.7 Å². The minimum absolute atomic E-state index is 0.155. The lowest BCUT2D eigenvalue weighted by molar-refractivity contribution is 0.101. The fraction of sp³-hybridized carbons (Fsp3) is 0.316. The maximum atomic E-state index is 10.8. The van der Waals surface area contributed by atoms with Crippen LogP contribution >= 0.6 is 0 Å². The summed E-state index contributed by atoms with van der Waals surface area (Å²) in [6.45, 7) is 6.78. The molecule has 0 radical (unpaired) electrons. The Kier molecular flexibility index (Phi) is 7.11. The van der Waals surface area contributed by atoms with Crippen molar-refractivity contribution in [1.82, 2.24) is 0 Å². The van der Waals surface area contributed by atoms with Crippen LogP contribution in [0.3, 0.4) is 0 Å². The second-order valence-corrected chi connectivity index (χ2v) is 5.63. The molecule has 0 aliphatic rings. The zero-order valence-corrected chi connectivity index (χ0v) is 14.6. The molecule has 2 aromatic carbocycles. The molecule has 0 amide bonds. The van der Waals surface area contributed by atoms with E-state index in [0.29, 0.717) is 0 Å². The molecule has 130 valence electrons. The van der Waals surface area contributed by atoms with Crippen LogP contribution in [0.4, 0.5) is 5.69 Å². The number of aryl methyl sites for hydroxylation is 1. The van der Waals surface area contributed by atoms with Gasteiger partial charge in [-0.3, -0.25) is 4.79 Å². The van der Waals surface area contributed by atoms with E-state index in [4.69, 9.17) is 15.3 Å². The minimum atomic E-state index is -0.611. The Bertz CT molecular complexity index is 675. The highest BCUT2D eigenvalue weighted by Gasteiger charge is 2.09. The molecule has 24 heavy (non-hydrogen) atoms. The average molecular weight is 331 g/mol. The van der Waals surface area contributed by atoms with E-state index in [2.05, 4.69) is 50.1 Å². The van der Waals surface area contributed by atoms with E-state index in [9.17, 15) is 4.79 Å². The first-order chi connectivity index (χ1) is 11.3. The first-order valence-electron chi connectivity index (χ1n) is 7.80. The van der Waals surface area contributed by atoms with E-state index in [1.807, 2.05) is 0 Å². The molecule has 0 heterocycles. The van der Waals surface area contributed by atoms with Crippen LogP contribution < -0.4 is 4.90 Å². The second-order valence-electron chi connectivity index (χ2n) is 5.63. The van der Waals surface area contributed by atoms with Gasteiger partial charge in [-0.25, -0.2) is 0 Å². The number of hydrogen-bond acceptors (Lipinski definition) is 5. The molecule has 0 unspecified atom stereocenters. The summed E-state index contributed by atoms with van der Waals surface area (Å²) < 4.78 is 0. The third kappa shape index (κ3) is 5.19. The number of ketones is 1. The summed E-state index contributed by atoms with van der Waals surface area (Å²) in [6.07, 6.45) is 1.20. The van der Waals surface area contributed by atoms with Gasteiger partial charge in [-0.15, -0.1) is 0 Å². The third-order valence-corrected chi connectivity index (χ3v) is 3.56. The minimum Gasteiger partial charge on any atom is -0.504 e. The van der Waals surface area contributed by atoms with Crippen molar-refractivity contribution in [3.63, 3.8) is 0 Å². The van der Waals surface area contributed by atoms with E-state index in [-0.39, 0.29) is 11.3 Å². The van der Waals surface area contributed by atoms with Crippen LogP contribution in [0.1, 0.15) is 36.2 Å². The number of nitrogens with zero attached hydrogens (tertiary/aromatic N) is 1. The highest BCUT2D eigenvalue weighted by molar-refractivity contribution is 5.95. The van der Waals surface area contributed by atoms with Crippen LogP contribution in [0.15, 0.2) is 36.4 Å². The van der Waals surface area contributed by atoms with Crippen molar-refractivity contribution in [2.45, 2.75) is 27.2 Å². The lowest BCUT2D eigenvalue weighted by Gasteiger charge is -2.20. The molecule has 0 aliphatic carbocycles. The summed E-state index contributed by atoms with van der Waals surface area (Å²) in [5.74, 6) is -1.90. The van der Waals surface area contributed by atoms with Crippen LogP contribution in [-0.2, 0) is 0 Å². The summed E-state index contributed by atoms with van der Waals surface area (Å²) in [5, 5.41) is 26.8. The quantitative estimate of drug-likeness (QED) is 0.586. The van der Waals surface area contributed by atoms with E-state index in [1.54, 1.807) is 0 Å². The third-order valence-electron chi connectivity index (χ3n) is 3.56. The van der Waals surface area contributed by atoms with Crippen molar-refractivity contribution in [3.8, 4) is 17.2 Å². The van der Waals surface area contributed by atoms with E-state index < -0.39 is 17.2 Å². The van der Waals surface area contributed by atoms with E-state index in [0.717, 1.165) is 18.7 Å². The van der Waals surface area contributed by atoms with Crippen LogP contribution in [0.2, 0.25) is 0 Å². The van der Waals surface area contributed by atoms with Crippen LogP contribution in [0.25, 0.3) is 0 Å². The zero-order chi connectivity index (χ0) is 18.3. The summed E-state index contributed by atoms with van der Waals surface area (Å²) in [5.41, 5.74) is 2.86. The van der Waals surface area contributed by atoms with Crippen molar-refractivity contribution >= 4 is 11.5 Å². The van der Waals surface area contributed by atoms with Crippen molar-refractivity contribution in [2.24, 2.45) is 0 Å². The Balaban J connectivity index is 0.000000240. The fourth-order valence-corrected chi connectivity index (χ4v) is 2.26. The monoisotopic (exact) mass is 331 g/mol. The highest BCUT2D eigenvalue weighted by Crippen LogP contribution is 2.35. The van der Waals surface area contributed by atoms with Gasteiger partial charge >= 0.3 is 0 Å². The van der Waals surface area contributed by atoms with Gasteiger partial charge in [0.1, 0.15) is 0 Å². The standard InChI is InChI=1S/C11H17N.C8H8O4/c1-4-9-12(3)11-8-6-5-7-10(11)2;1-4(9)5-2-6(10)8(12)7(11)3-5/h5-8H,4,9H2,1-3H3;2-3,10-12H,1H3. The molecule has 3 N–H and O–H groups in total. The van der Waals surface area contributed by atoms with Gasteiger partial charge < -0.3 is 20.2 Å². The first-order valence-corrected chi connectivity index (χ1v) is 7.80. The Morgan fingerprint density at radius 3 is 2.08 bits per heavy atom. The fourth-order valence-electron chi connectivity index (χ4n) is 2.26. The number of phenols is 3. The van der Waals surface area contributed by atoms with Crippen molar-refractivity contribution in [2.75, 3.05) is 18.5 Å². The van der Waals surface area contributed by atoms with Crippen molar-refractivity contribution < 1.29 is 20.1 Å². The number of Topliss-reactive ketones (excluding diaryl/α,β-unsaturated/α-hetero) is 1. The smallest absolute Gasteiger partial charge is 0.200 e. The molecule has 5 heteroatoms. The molecule has 0 saturated heterocycles. The van der Waals surface area contributed by atoms with E-state index in [1.165, 1.54) is 24.6 Å². The molecule has 5 nitrogen and oxygen atoms in total. The Morgan fingerprint density at radius 1 is 1.08 bits per heavy atom. The number of phenolic OH excluding ortho intramolecular Hbond substituents is 3. The van der Waals surface area contributed by atoms with Crippen molar-refractivity contribution in [1.29, 1.82) is 0 Å². The average Bonchev–Trinajstić information content (AvgIpc) is 2.53. The Hall–Kier alpha value is -2.69. The SMILES string of the molecule is CC(=O)c1cc(O)c(O)c(O)c1.CCCN(C)c1ccccc1C. The number of carbonyl (C=O) groups excluding carboxylic acids is 1. The maximum Gasteiger partial charge on any atom is 0.200 e. The molecule has 0 saturated carbocycles. The normalized spacial score (nSPS) is 9.83. The lowest BCUT2D eigenvalue weighted by Crippen LogP contribution is -2.18. The van der Waals surface area contributed by atoms with Gasteiger partial charge in [-0.2, -0.15) is 0 Å². The van der Waals surface area contributed by atoms with Crippen molar-refractivity contribution in [3.05, 3.63) is 47.5 Å². The summed E-state index contributed by atoms with van der Waals surface area (Å²) in [4.78, 5) is 13.1. The summed E-state index contributed by atoms with van der Waals surface area (Å²) in [7, 11) is 2.14. The predicted molar refractivity (Wildman–Crippen MR) is 96.2 cm³/mol. The molecule has 0 aromatic heterocycles. The number of anilines is 1. The van der Waals surface area contributed by atoms with Gasteiger partial charge in [0.15, 0.2) is 23.0 Å². The maximum absolute atomic E-state index is 10.8. The number of hydrogen-bond donors (Lipinski definition) is 3. The Labute approximate surface area is 142 Å². The molecular weight excluding hydrogens is 306 g/mol. The van der Waals surface area contributed by atoms with Gasteiger partial charge in [0.05, 0.1) is 0 Å². The van der Waals surface area contributed by atoms with Gasteiger partial charge in [-0.1, -0.05) is 25.1 Å². The van der Waals surface area contributed by atoms with Crippen LogP contribution in [0.5, 0.6) is 17.2 Å². The Morgan fingerprint density at radius 2 is 1.62 bits per heavy atom. The second kappa shape index (κ2) is 8.82.